The molecule has 142 valence electrons. The van der Waals surface area contributed by atoms with E-state index in [9.17, 15) is 15.0 Å². The lowest BCUT2D eigenvalue weighted by Crippen LogP contribution is -2.51. The van der Waals surface area contributed by atoms with Crippen molar-refractivity contribution >= 4 is 28.6 Å². The van der Waals surface area contributed by atoms with Crippen molar-refractivity contribution in [3.05, 3.63) is 65.4 Å². The summed E-state index contributed by atoms with van der Waals surface area (Å²) in [4.78, 5) is 13.8. The van der Waals surface area contributed by atoms with Crippen LogP contribution in [0.15, 0.2) is 57.8 Å². The summed E-state index contributed by atoms with van der Waals surface area (Å²) in [5, 5.41) is 22.3. The Morgan fingerprint density at radius 2 is 1.85 bits per heavy atom. The first-order valence-corrected chi connectivity index (χ1v) is 9.68. The van der Waals surface area contributed by atoms with Gasteiger partial charge in [-0.25, -0.2) is 0 Å². The average molecular weight is 385 g/mol. The van der Waals surface area contributed by atoms with Crippen LogP contribution < -0.4 is 5.32 Å². The first kappa shape index (κ1) is 19.5. The van der Waals surface area contributed by atoms with Crippen LogP contribution in [0.2, 0.25) is 0 Å². The number of benzene rings is 2. The van der Waals surface area contributed by atoms with Crippen LogP contribution in [-0.2, 0) is 5.75 Å². The Bertz CT molecular complexity index is 932. The fourth-order valence-electron chi connectivity index (χ4n) is 2.78. The molecule has 3 N–H and O–H groups in total. The number of aliphatic hydroxyl groups excluding tert-OH is 2. The van der Waals surface area contributed by atoms with Gasteiger partial charge in [-0.2, -0.15) is 0 Å². The zero-order valence-corrected chi connectivity index (χ0v) is 16.2. The first-order valence-electron chi connectivity index (χ1n) is 8.70. The summed E-state index contributed by atoms with van der Waals surface area (Å²) in [6, 6.07) is 16.0. The molecular formula is C21H23NO4S. The number of aliphatic hydroxyl groups is 2. The van der Waals surface area contributed by atoms with E-state index in [-0.39, 0.29) is 19.1 Å². The van der Waals surface area contributed by atoms with Crippen LogP contribution in [-0.4, -0.2) is 34.9 Å². The van der Waals surface area contributed by atoms with Crippen molar-refractivity contribution in [1.82, 2.24) is 5.32 Å². The minimum Gasteiger partial charge on any atom is -0.461 e. The third-order valence-electron chi connectivity index (χ3n) is 4.42. The average Bonchev–Trinajstić information content (AvgIpc) is 3.02. The maximum absolute atomic E-state index is 12.8. The lowest BCUT2D eigenvalue weighted by molar-refractivity contribution is 0.0723. The number of hydrogen-bond donors (Lipinski definition) is 3. The molecule has 3 aromatic rings. The highest BCUT2D eigenvalue weighted by Gasteiger charge is 2.28. The number of furan rings is 1. The van der Waals surface area contributed by atoms with Crippen LogP contribution in [0.1, 0.15) is 28.6 Å². The predicted octanol–water partition coefficient (Wildman–Crippen LogP) is 3.51. The Kier molecular flexibility index (Phi) is 5.89. The van der Waals surface area contributed by atoms with E-state index < -0.39 is 5.54 Å². The van der Waals surface area contributed by atoms with Gasteiger partial charge in [-0.05, 0) is 37.6 Å². The summed E-state index contributed by atoms with van der Waals surface area (Å²) in [5.74, 6) is 0.964. The van der Waals surface area contributed by atoms with Gasteiger partial charge in [-0.1, -0.05) is 30.3 Å². The van der Waals surface area contributed by atoms with Gasteiger partial charge in [-0.3, -0.25) is 4.79 Å². The third-order valence-corrected chi connectivity index (χ3v) is 5.49. The smallest absolute Gasteiger partial charge is 0.256 e. The lowest BCUT2D eigenvalue weighted by atomic mass is 10.0. The Morgan fingerprint density at radius 1 is 1.15 bits per heavy atom. The highest BCUT2D eigenvalue weighted by molar-refractivity contribution is 7.98. The number of carbonyl (C=O) groups excluding carboxylic acids is 1. The highest BCUT2D eigenvalue weighted by Crippen LogP contribution is 2.31. The normalized spacial score (nSPS) is 11.7. The third kappa shape index (κ3) is 4.35. The summed E-state index contributed by atoms with van der Waals surface area (Å²) < 4.78 is 5.72. The molecule has 0 aliphatic rings. The van der Waals surface area contributed by atoms with Crippen molar-refractivity contribution in [3.63, 3.8) is 0 Å². The monoisotopic (exact) mass is 385 g/mol. The molecule has 0 atom stereocenters. The Balaban J connectivity index is 1.87. The van der Waals surface area contributed by atoms with E-state index in [0.29, 0.717) is 16.9 Å². The molecule has 0 aliphatic carbocycles. The zero-order valence-electron chi connectivity index (χ0n) is 15.4. The molecule has 0 unspecified atom stereocenters. The van der Waals surface area contributed by atoms with Gasteiger partial charge in [0.1, 0.15) is 11.3 Å². The van der Waals surface area contributed by atoms with Crippen molar-refractivity contribution in [2.75, 3.05) is 13.2 Å². The maximum atomic E-state index is 12.8. The second kappa shape index (κ2) is 8.17. The molecule has 0 saturated heterocycles. The molecule has 0 bridgehead atoms. The number of amides is 1. The lowest BCUT2D eigenvalue weighted by Gasteiger charge is -2.26. The van der Waals surface area contributed by atoms with Crippen molar-refractivity contribution in [2.24, 2.45) is 0 Å². The van der Waals surface area contributed by atoms with E-state index in [0.717, 1.165) is 16.0 Å². The summed E-state index contributed by atoms with van der Waals surface area (Å²) >= 11 is 1.69. The molecular weight excluding hydrogens is 362 g/mol. The van der Waals surface area contributed by atoms with Gasteiger partial charge >= 0.3 is 0 Å². The predicted molar refractivity (Wildman–Crippen MR) is 107 cm³/mol. The van der Waals surface area contributed by atoms with E-state index in [1.54, 1.807) is 25.6 Å². The highest BCUT2D eigenvalue weighted by atomic mass is 32.2. The Labute approximate surface area is 162 Å². The number of hydrogen-bond acceptors (Lipinski definition) is 5. The summed E-state index contributed by atoms with van der Waals surface area (Å²) in [6.07, 6.45) is 0. The molecule has 1 aromatic heterocycles. The van der Waals surface area contributed by atoms with Crippen molar-refractivity contribution in [1.29, 1.82) is 0 Å². The van der Waals surface area contributed by atoms with Crippen LogP contribution in [0.3, 0.4) is 0 Å². The standard InChI is InChI=1S/C21H23NO4S/c1-14-19(20(25)22-21(2,12-23)13-24)17-10-16(8-9-18(17)26-14)27-11-15-6-4-3-5-7-15/h3-10,23-24H,11-13H2,1-2H3,(H,22,25). The van der Waals surface area contributed by atoms with E-state index in [2.05, 4.69) is 17.4 Å². The van der Waals surface area contributed by atoms with E-state index in [4.69, 9.17) is 4.42 Å². The van der Waals surface area contributed by atoms with Gasteiger partial charge in [0.15, 0.2) is 0 Å². The molecule has 0 saturated carbocycles. The Hall–Kier alpha value is -2.28. The van der Waals surface area contributed by atoms with Gasteiger partial charge in [0.05, 0.1) is 24.3 Å². The molecule has 0 spiro atoms. The summed E-state index contributed by atoms with van der Waals surface area (Å²) in [6.45, 7) is 2.61. The topological polar surface area (TPSA) is 82.7 Å². The second-order valence-corrected chi connectivity index (χ2v) is 7.85. The van der Waals surface area contributed by atoms with Crippen LogP contribution in [0.5, 0.6) is 0 Å². The van der Waals surface area contributed by atoms with E-state index in [1.807, 2.05) is 36.4 Å². The van der Waals surface area contributed by atoms with Gasteiger partial charge in [0.2, 0.25) is 0 Å². The number of thioether (sulfide) groups is 1. The van der Waals surface area contributed by atoms with Crippen LogP contribution >= 0.6 is 11.8 Å². The number of fused-ring (bicyclic) bond motifs is 1. The molecule has 0 fully saturated rings. The number of carbonyl (C=O) groups is 1. The fourth-order valence-corrected chi connectivity index (χ4v) is 3.67. The van der Waals surface area contributed by atoms with Crippen LogP contribution in [0.4, 0.5) is 0 Å². The fraction of sp³-hybridized carbons (Fsp3) is 0.286. The molecule has 2 aromatic carbocycles. The SMILES string of the molecule is Cc1oc2ccc(SCc3ccccc3)cc2c1C(=O)NC(C)(CO)CO. The van der Waals surface area contributed by atoms with Gasteiger partial charge in [0.25, 0.3) is 5.91 Å². The summed E-state index contributed by atoms with van der Waals surface area (Å²) in [5.41, 5.74) is 1.20. The Morgan fingerprint density at radius 3 is 2.52 bits per heavy atom. The minimum absolute atomic E-state index is 0.359. The molecule has 27 heavy (non-hydrogen) atoms. The molecule has 1 amide bonds. The van der Waals surface area contributed by atoms with Crippen LogP contribution in [0.25, 0.3) is 11.0 Å². The molecule has 0 aliphatic heterocycles. The molecule has 1 heterocycles. The van der Waals surface area contributed by atoms with Gasteiger partial charge in [-0.15, -0.1) is 11.8 Å². The van der Waals surface area contributed by atoms with Crippen molar-refractivity contribution < 1.29 is 19.4 Å². The largest absolute Gasteiger partial charge is 0.461 e. The molecule has 0 radical (unpaired) electrons. The minimum atomic E-state index is -1.09. The molecule has 5 nitrogen and oxygen atoms in total. The number of aryl methyl sites for hydroxylation is 1. The van der Waals surface area contributed by atoms with Gasteiger partial charge in [0, 0.05) is 16.0 Å². The van der Waals surface area contributed by atoms with E-state index in [1.165, 1.54) is 5.56 Å². The van der Waals surface area contributed by atoms with Gasteiger partial charge < -0.3 is 19.9 Å². The molecule has 3 rings (SSSR count). The van der Waals surface area contributed by atoms with Crippen molar-refractivity contribution in [3.8, 4) is 0 Å². The zero-order chi connectivity index (χ0) is 19.4. The van der Waals surface area contributed by atoms with E-state index >= 15 is 0 Å². The van der Waals surface area contributed by atoms with Crippen molar-refractivity contribution in [2.45, 2.75) is 30.0 Å². The number of nitrogens with one attached hydrogen (secondary N) is 1. The first-order chi connectivity index (χ1) is 13.0. The summed E-state index contributed by atoms with van der Waals surface area (Å²) in [7, 11) is 0. The van der Waals surface area contributed by atoms with Crippen LogP contribution in [0, 0.1) is 6.92 Å². The number of rotatable bonds is 7. The molecule has 6 heteroatoms. The maximum Gasteiger partial charge on any atom is 0.256 e. The quantitative estimate of drug-likeness (QED) is 0.542. The second-order valence-electron chi connectivity index (χ2n) is 6.80.